The van der Waals surface area contributed by atoms with Crippen LogP contribution in [0.1, 0.15) is 38.2 Å². The summed E-state index contributed by atoms with van der Waals surface area (Å²) < 4.78 is 53.9. The second kappa shape index (κ2) is 10.8. The normalized spacial score (nSPS) is 15.2. The highest BCUT2D eigenvalue weighted by Crippen LogP contribution is 2.26. The number of hydrogen-bond donors (Lipinski definition) is 2. The van der Waals surface area contributed by atoms with Crippen molar-refractivity contribution >= 4 is 27.5 Å². The van der Waals surface area contributed by atoms with Gasteiger partial charge in [0.1, 0.15) is 16.5 Å². The van der Waals surface area contributed by atoms with Crippen molar-refractivity contribution in [3.05, 3.63) is 59.7 Å². The van der Waals surface area contributed by atoms with E-state index in [0.717, 1.165) is 28.4 Å². The molecule has 10 heteroatoms. The van der Waals surface area contributed by atoms with Gasteiger partial charge in [-0.25, -0.2) is 17.2 Å². The van der Waals surface area contributed by atoms with E-state index in [1.165, 1.54) is 0 Å². The van der Waals surface area contributed by atoms with Crippen molar-refractivity contribution in [3.63, 3.8) is 0 Å². The zero-order valence-corrected chi connectivity index (χ0v) is 19.1. The van der Waals surface area contributed by atoms with Crippen LogP contribution in [0.15, 0.2) is 47.4 Å². The van der Waals surface area contributed by atoms with E-state index >= 15 is 0 Å². The molecule has 2 N–H and O–H groups in total. The standard InChI is InChI=1S/C23H27F2N3O4S/c1-2-4-22(29)27-19-6-3-5-16(13-19)15-26-23(30)17-9-11-28(12-10-17)33(31,32)21-14-18(24)7-8-20(21)25/h3,5-8,13-14,17H,2,4,9-12,15H2,1H3,(H,26,30)(H,27,29). The van der Waals surface area contributed by atoms with Gasteiger partial charge >= 0.3 is 0 Å². The third-order valence-electron chi connectivity index (χ3n) is 5.49. The number of anilines is 1. The van der Waals surface area contributed by atoms with Crippen LogP contribution in [0.3, 0.4) is 0 Å². The molecule has 0 saturated carbocycles. The second-order valence-corrected chi connectivity index (χ2v) is 9.88. The monoisotopic (exact) mass is 479 g/mol. The van der Waals surface area contributed by atoms with Gasteiger partial charge < -0.3 is 10.6 Å². The van der Waals surface area contributed by atoms with Crippen molar-refractivity contribution < 1.29 is 26.8 Å². The van der Waals surface area contributed by atoms with Crippen LogP contribution in [0.4, 0.5) is 14.5 Å². The van der Waals surface area contributed by atoms with Crippen LogP contribution in [0, 0.1) is 17.6 Å². The molecule has 1 saturated heterocycles. The number of nitrogens with one attached hydrogen (secondary N) is 2. The smallest absolute Gasteiger partial charge is 0.246 e. The third-order valence-corrected chi connectivity index (χ3v) is 7.40. The van der Waals surface area contributed by atoms with Gasteiger partial charge in [-0.3, -0.25) is 9.59 Å². The van der Waals surface area contributed by atoms with E-state index in [4.69, 9.17) is 0 Å². The van der Waals surface area contributed by atoms with E-state index in [2.05, 4.69) is 10.6 Å². The molecular weight excluding hydrogens is 452 g/mol. The maximum absolute atomic E-state index is 14.0. The fourth-order valence-corrected chi connectivity index (χ4v) is 5.26. The number of amides is 2. The molecule has 1 fully saturated rings. The highest BCUT2D eigenvalue weighted by atomic mass is 32.2. The van der Waals surface area contributed by atoms with Crippen molar-refractivity contribution in [1.82, 2.24) is 9.62 Å². The van der Waals surface area contributed by atoms with Crippen LogP contribution >= 0.6 is 0 Å². The number of hydrogen-bond acceptors (Lipinski definition) is 4. The lowest BCUT2D eigenvalue weighted by Crippen LogP contribution is -2.43. The second-order valence-electron chi connectivity index (χ2n) is 7.97. The number of halogens is 2. The largest absolute Gasteiger partial charge is 0.352 e. The Balaban J connectivity index is 1.54. The fourth-order valence-electron chi connectivity index (χ4n) is 3.72. The lowest BCUT2D eigenvalue weighted by Gasteiger charge is -2.30. The Morgan fingerprint density at radius 3 is 2.52 bits per heavy atom. The summed E-state index contributed by atoms with van der Waals surface area (Å²) in [5.41, 5.74) is 1.47. The number of nitrogens with zero attached hydrogens (tertiary/aromatic N) is 1. The lowest BCUT2D eigenvalue weighted by molar-refractivity contribution is -0.126. The molecular formula is C23H27F2N3O4S. The molecule has 2 amide bonds. The highest BCUT2D eigenvalue weighted by molar-refractivity contribution is 7.89. The quantitative estimate of drug-likeness (QED) is 0.607. The fraction of sp³-hybridized carbons (Fsp3) is 0.391. The summed E-state index contributed by atoms with van der Waals surface area (Å²) in [4.78, 5) is 23.6. The van der Waals surface area contributed by atoms with E-state index < -0.39 is 26.6 Å². The van der Waals surface area contributed by atoms with E-state index in [0.29, 0.717) is 18.2 Å². The predicted octanol–water partition coefficient (Wildman–Crippen LogP) is 3.42. The first-order chi connectivity index (χ1) is 15.7. The molecule has 1 aliphatic heterocycles. The molecule has 178 valence electrons. The molecule has 2 aromatic rings. The molecule has 0 aliphatic carbocycles. The van der Waals surface area contributed by atoms with E-state index in [9.17, 15) is 26.8 Å². The molecule has 0 aromatic heterocycles. The average molecular weight is 480 g/mol. The number of rotatable bonds is 8. The molecule has 0 atom stereocenters. The van der Waals surface area contributed by atoms with Crippen molar-refractivity contribution in [3.8, 4) is 0 Å². The SMILES string of the molecule is CCCC(=O)Nc1cccc(CNC(=O)C2CCN(S(=O)(=O)c3cc(F)ccc3F)CC2)c1. The van der Waals surface area contributed by atoms with Gasteiger partial charge in [-0.1, -0.05) is 19.1 Å². The molecule has 1 heterocycles. The lowest BCUT2D eigenvalue weighted by atomic mass is 9.97. The molecule has 0 unspecified atom stereocenters. The first-order valence-electron chi connectivity index (χ1n) is 10.8. The number of benzene rings is 2. The minimum atomic E-state index is -4.19. The summed E-state index contributed by atoms with van der Waals surface area (Å²) in [6.45, 7) is 2.26. The Labute approximate surface area is 192 Å². The summed E-state index contributed by atoms with van der Waals surface area (Å²) in [6, 6.07) is 9.50. The summed E-state index contributed by atoms with van der Waals surface area (Å²) >= 11 is 0. The van der Waals surface area contributed by atoms with Gasteiger partial charge in [0.2, 0.25) is 21.8 Å². The van der Waals surface area contributed by atoms with Crippen LogP contribution in [0.25, 0.3) is 0 Å². The van der Waals surface area contributed by atoms with Crippen molar-refractivity contribution in [2.45, 2.75) is 44.0 Å². The number of sulfonamides is 1. The van der Waals surface area contributed by atoms with Gasteiger partial charge in [-0.15, -0.1) is 0 Å². The van der Waals surface area contributed by atoms with E-state index in [1.54, 1.807) is 18.2 Å². The molecule has 0 bridgehead atoms. The number of carbonyl (C=O) groups excluding carboxylic acids is 2. The maximum atomic E-state index is 14.0. The Bertz CT molecular complexity index is 1120. The topological polar surface area (TPSA) is 95.6 Å². The molecule has 7 nitrogen and oxygen atoms in total. The van der Waals surface area contributed by atoms with E-state index in [-0.39, 0.29) is 50.2 Å². The molecule has 2 aromatic carbocycles. The summed E-state index contributed by atoms with van der Waals surface area (Å²) in [7, 11) is -4.19. The van der Waals surface area contributed by atoms with Gasteiger partial charge in [0.25, 0.3) is 0 Å². The minimum Gasteiger partial charge on any atom is -0.352 e. The molecule has 3 rings (SSSR count). The van der Waals surface area contributed by atoms with E-state index in [1.807, 2.05) is 13.0 Å². The molecule has 0 spiro atoms. The zero-order valence-electron chi connectivity index (χ0n) is 18.3. The van der Waals surface area contributed by atoms with Crippen LogP contribution < -0.4 is 10.6 Å². The predicted molar refractivity (Wildman–Crippen MR) is 120 cm³/mol. The number of piperidine rings is 1. The van der Waals surface area contributed by atoms with Gasteiger partial charge in [-0.05, 0) is 55.2 Å². The zero-order chi connectivity index (χ0) is 24.0. The third kappa shape index (κ3) is 6.35. The first kappa shape index (κ1) is 24.8. The maximum Gasteiger partial charge on any atom is 0.246 e. The van der Waals surface area contributed by atoms with Gasteiger partial charge in [0.05, 0.1) is 0 Å². The Kier molecular flexibility index (Phi) is 8.15. The van der Waals surface area contributed by atoms with Crippen LogP contribution in [0.5, 0.6) is 0 Å². The van der Waals surface area contributed by atoms with Crippen molar-refractivity contribution in [2.75, 3.05) is 18.4 Å². The summed E-state index contributed by atoms with van der Waals surface area (Å²) in [5, 5.41) is 5.66. The van der Waals surface area contributed by atoms with Gasteiger partial charge in [-0.2, -0.15) is 4.31 Å². The molecule has 33 heavy (non-hydrogen) atoms. The van der Waals surface area contributed by atoms with Gasteiger partial charge in [0.15, 0.2) is 0 Å². The van der Waals surface area contributed by atoms with Crippen molar-refractivity contribution in [2.24, 2.45) is 5.92 Å². The number of carbonyl (C=O) groups is 2. The Morgan fingerprint density at radius 1 is 1.09 bits per heavy atom. The Hall–Kier alpha value is -2.85. The van der Waals surface area contributed by atoms with Crippen LogP contribution in [0.2, 0.25) is 0 Å². The summed E-state index contributed by atoms with van der Waals surface area (Å²) in [6.07, 6.45) is 1.73. The molecule has 0 radical (unpaired) electrons. The van der Waals surface area contributed by atoms with Crippen molar-refractivity contribution in [1.29, 1.82) is 0 Å². The Morgan fingerprint density at radius 2 is 1.82 bits per heavy atom. The molecule has 1 aliphatic rings. The van der Waals surface area contributed by atoms with Crippen LogP contribution in [-0.2, 0) is 26.2 Å². The average Bonchev–Trinajstić information content (AvgIpc) is 2.79. The van der Waals surface area contributed by atoms with Crippen LogP contribution in [-0.4, -0.2) is 37.6 Å². The highest BCUT2D eigenvalue weighted by Gasteiger charge is 2.33. The van der Waals surface area contributed by atoms with Gasteiger partial charge in [0, 0.05) is 37.7 Å². The first-order valence-corrected chi connectivity index (χ1v) is 12.3. The minimum absolute atomic E-state index is 0.0370. The summed E-state index contributed by atoms with van der Waals surface area (Å²) in [5.74, 6) is -2.51.